The first kappa shape index (κ1) is 7.94. The highest BCUT2D eigenvalue weighted by Crippen LogP contribution is 2.26. The van der Waals surface area contributed by atoms with Gasteiger partial charge in [0, 0.05) is 20.0 Å². The second-order valence-corrected chi connectivity index (χ2v) is 3.60. The molecule has 0 saturated carbocycles. The van der Waals surface area contributed by atoms with Crippen LogP contribution in [0.5, 0.6) is 0 Å². The van der Waals surface area contributed by atoms with Gasteiger partial charge in [-0.2, -0.15) is 0 Å². The maximum atomic E-state index is 11.4. The minimum Gasteiger partial charge on any atom is -0.391 e. The SMILES string of the molecule is CN1C(=O)C2C[C@@H](O)CN2C1=S. The second kappa shape index (κ2) is 2.40. The maximum absolute atomic E-state index is 11.4. The molecule has 0 aromatic rings. The van der Waals surface area contributed by atoms with Crippen LogP contribution < -0.4 is 0 Å². The van der Waals surface area contributed by atoms with Gasteiger partial charge < -0.3 is 10.0 Å². The minimum absolute atomic E-state index is 0.0107. The van der Waals surface area contributed by atoms with Crippen LogP contribution in [0.3, 0.4) is 0 Å². The summed E-state index contributed by atoms with van der Waals surface area (Å²) in [4.78, 5) is 14.7. The van der Waals surface area contributed by atoms with Gasteiger partial charge in [-0.15, -0.1) is 0 Å². The van der Waals surface area contributed by atoms with E-state index in [0.29, 0.717) is 18.1 Å². The zero-order chi connectivity index (χ0) is 8.88. The van der Waals surface area contributed by atoms with Gasteiger partial charge in [0.05, 0.1) is 6.10 Å². The number of fused-ring (bicyclic) bond motifs is 1. The van der Waals surface area contributed by atoms with E-state index in [9.17, 15) is 9.90 Å². The highest BCUT2D eigenvalue weighted by molar-refractivity contribution is 7.80. The predicted molar refractivity (Wildman–Crippen MR) is 46.5 cm³/mol. The fourth-order valence-electron chi connectivity index (χ4n) is 1.77. The molecule has 2 rings (SSSR count). The van der Waals surface area contributed by atoms with Gasteiger partial charge >= 0.3 is 0 Å². The quantitative estimate of drug-likeness (QED) is 0.502. The summed E-state index contributed by atoms with van der Waals surface area (Å²) in [7, 11) is 1.68. The third-order valence-electron chi connectivity index (χ3n) is 2.43. The number of likely N-dealkylation sites (N-methyl/N-ethyl adjacent to an activating group) is 1. The first-order valence-corrected chi connectivity index (χ1v) is 4.28. The molecular weight excluding hydrogens is 176 g/mol. The van der Waals surface area contributed by atoms with Gasteiger partial charge in [-0.25, -0.2) is 0 Å². The predicted octanol–water partition coefficient (Wildman–Crippen LogP) is -0.822. The fraction of sp³-hybridized carbons (Fsp3) is 0.714. The average molecular weight is 186 g/mol. The van der Waals surface area contributed by atoms with Crippen LogP contribution in [0.15, 0.2) is 0 Å². The van der Waals surface area contributed by atoms with Gasteiger partial charge in [-0.05, 0) is 12.2 Å². The van der Waals surface area contributed by atoms with Gasteiger partial charge in [0.1, 0.15) is 6.04 Å². The summed E-state index contributed by atoms with van der Waals surface area (Å²) in [5, 5.41) is 9.83. The van der Waals surface area contributed by atoms with Crippen LogP contribution in [0.1, 0.15) is 6.42 Å². The third-order valence-corrected chi connectivity index (χ3v) is 2.94. The number of hydrogen-bond acceptors (Lipinski definition) is 3. The molecule has 1 unspecified atom stereocenters. The third kappa shape index (κ3) is 0.864. The van der Waals surface area contributed by atoms with E-state index < -0.39 is 6.10 Å². The van der Waals surface area contributed by atoms with Gasteiger partial charge in [-0.3, -0.25) is 9.69 Å². The number of amides is 1. The Hall–Kier alpha value is -0.680. The molecule has 1 N–H and O–H groups in total. The first-order chi connectivity index (χ1) is 5.61. The van der Waals surface area contributed by atoms with E-state index >= 15 is 0 Å². The average Bonchev–Trinajstić information content (AvgIpc) is 2.49. The van der Waals surface area contributed by atoms with Crippen molar-refractivity contribution in [1.29, 1.82) is 0 Å². The number of carbonyl (C=O) groups is 1. The fourth-order valence-corrected chi connectivity index (χ4v) is 2.06. The van der Waals surface area contributed by atoms with Crippen molar-refractivity contribution in [3.63, 3.8) is 0 Å². The van der Waals surface area contributed by atoms with E-state index in [1.54, 1.807) is 11.9 Å². The number of carbonyl (C=O) groups excluding carboxylic acids is 1. The minimum atomic E-state index is -0.398. The number of hydrogen-bond donors (Lipinski definition) is 1. The van der Waals surface area contributed by atoms with Crippen LogP contribution in [-0.4, -0.2) is 51.7 Å². The summed E-state index contributed by atoms with van der Waals surface area (Å²) >= 11 is 5.03. The van der Waals surface area contributed by atoms with E-state index in [0.717, 1.165) is 0 Å². The van der Waals surface area contributed by atoms with E-state index in [4.69, 9.17) is 12.2 Å². The molecule has 2 aliphatic heterocycles. The van der Waals surface area contributed by atoms with Crippen molar-refractivity contribution in [3.8, 4) is 0 Å². The Bertz CT molecular complexity index is 232. The summed E-state index contributed by atoms with van der Waals surface area (Å²) < 4.78 is 0. The highest BCUT2D eigenvalue weighted by Gasteiger charge is 2.46. The van der Waals surface area contributed by atoms with E-state index in [1.807, 2.05) is 0 Å². The van der Waals surface area contributed by atoms with Crippen molar-refractivity contribution < 1.29 is 9.90 Å². The lowest BCUT2D eigenvalue weighted by atomic mass is 10.2. The molecule has 2 fully saturated rings. The molecule has 12 heavy (non-hydrogen) atoms. The second-order valence-electron chi connectivity index (χ2n) is 3.24. The van der Waals surface area contributed by atoms with E-state index in [-0.39, 0.29) is 11.9 Å². The largest absolute Gasteiger partial charge is 0.391 e. The van der Waals surface area contributed by atoms with Gasteiger partial charge in [0.15, 0.2) is 5.11 Å². The lowest BCUT2D eigenvalue weighted by Crippen LogP contribution is -2.31. The molecule has 66 valence electrons. The molecule has 2 saturated heterocycles. The molecular formula is C7H10N2O2S. The van der Waals surface area contributed by atoms with Gasteiger partial charge in [-0.1, -0.05) is 0 Å². The Labute approximate surface area is 75.8 Å². The van der Waals surface area contributed by atoms with Crippen LogP contribution in [0.25, 0.3) is 0 Å². The molecule has 2 aliphatic rings. The summed E-state index contributed by atoms with van der Waals surface area (Å²) in [6.07, 6.45) is 0.120. The molecule has 2 heterocycles. The van der Waals surface area contributed by atoms with Gasteiger partial charge in [0.25, 0.3) is 5.91 Å². The summed E-state index contributed by atoms with van der Waals surface area (Å²) in [5.41, 5.74) is 0. The zero-order valence-corrected chi connectivity index (χ0v) is 7.54. The zero-order valence-electron chi connectivity index (χ0n) is 6.73. The molecule has 4 nitrogen and oxygen atoms in total. The summed E-state index contributed by atoms with van der Waals surface area (Å²) in [6, 6.07) is -0.197. The van der Waals surface area contributed by atoms with Crippen molar-refractivity contribution in [2.45, 2.75) is 18.6 Å². The molecule has 0 bridgehead atoms. The van der Waals surface area contributed by atoms with Gasteiger partial charge in [0.2, 0.25) is 0 Å². The number of aliphatic hydroxyl groups excluding tert-OH is 1. The highest BCUT2D eigenvalue weighted by atomic mass is 32.1. The molecule has 2 atom stereocenters. The van der Waals surface area contributed by atoms with Crippen LogP contribution in [0, 0.1) is 0 Å². The van der Waals surface area contributed by atoms with Crippen molar-refractivity contribution in [2.24, 2.45) is 0 Å². The topological polar surface area (TPSA) is 43.8 Å². The van der Waals surface area contributed by atoms with E-state index in [2.05, 4.69) is 0 Å². The number of thiocarbonyl (C=S) groups is 1. The monoisotopic (exact) mass is 186 g/mol. The Morgan fingerprint density at radius 2 is 2.33 bits per heavy atom. The van der Waals surface area contributed by atoms with Crippen LogP contribution in [0.4, 0.5) is 0 Å². The summed E-state index contributed by atoms with van der Waals surface area (Å²) in [6.45, 7) is 0.500. The smallest absolute Gasteiger partial charge is 0.251 e. The van der Waals surface area contributed by atoms with Crippen LogP contribution >= 0.6 is 12.2 Å². The van der Waals surface area contributed by atoms with Crippen molar-refractivity contribution >= 4 is 23.2 Å². The van der Waals surface area contributed by atoms with Crippen molar-refractivity contribution in [3.05, 3.63) is 0 Å². The lowest BCUT2D eigenvalue weighted by molar-refractivity contribution is -0.127. The molecule has 0 aromatic carbocycles. The van der Waals surface area contributed by atoms with Crippen LogP contribution in [0.2, 0.25) is 0 Å². The van der Waals surface area contributed by atoms with Crippen molar-refractivity contribution in [2.75, 3.05) is 13.6 Å². The molecule has 0 spiro atoms. The normalized spacial score (nSPS) is 34.8. The Kier molecular flexibility index (Phi) is 1.59. The standard InChI is InChI=1S/C7H10N2O2S/c1-8-6(11)5-2-4(10)3-9(5)7(8)12/h4-5,10H,2-3H2,1H3/t4-,5?/m1/s1. The number of aliphatic hydroxyl groups is 1. The molecule has 1 amide bonds. The van der Waals surface area contributed by atoms with Crippen molar-refractivity contribution in [1.82, 2.24) is 9.80 Å². The summed E-state index contributed by atoms with van der Waals surface area (Å²) in [5.74, 6) is 0.0107. The Balaban J connectivity index is 2.27. The van der Waals surface area contributed by atoms with E-state index in [1.165, 1.54) is 4.90 Å². The maximum Gasteiger partial charge on any atom is 0.251 e. The molecule has 0 aliphatic carbocycles. The Morgan fingerprint density at radius 3 is 2.92 bits per heavy atom. The Morgan fingerprint density at radius 1 is 1.67 bits per heavy atom. The van der Waals surface area contributed by atoms with Crippen LogP contribution in [-0.2, 0) is 4.79 Å². The number of nitrogens with zero attached hydrogens (tertiary/aromatic N) is 2. The first-order valence-electron chi connectivity index (χ1n) is 3.87. The molecule has 0 aromatic heterocycles. The number of rotatable bonds is 0. The lowest BCUT2D eigenvalue weighted by Gasteiger charge is -2.15. The molecule has 5 heteroatoms. The molecule has 0 radical (unpaired) electrons.